The van der Waals surface area contributed by atoms with Crippen LogP contribution >= 0.6 is 11.6 Å². The van der Waals surface area contributed by atoms with E-state index in [0.29, 0.717) is 11.0 Å². The lowest BCUT2D eigenvalue weighted by Gasteiger charge is -2.36. The molecule has 0 amide bonds. The van der Waals surface area contributed by atoms with Gasteiger partial charge in [-0.05, 0) is 36.4 Å². The van der Waals surface area contributed by atoms with Gasteiger partial charge in [-0.1, -0.05) is 23.7 Å². The molecule has 0 radical (unpaired) electrons. The molecule has 0 saturated carbocycles. The Kier molecular flexibility index (Phi) is 5.45. The van der Waals surface area contributed by atoms with Gasteiger partial charge < -0.3 is 19.9 Å². The maximum absolute atomic E-state index is 6.03. The lowest BCUT2D eigenvalue weighted by Crippen LogP contribution is -2.47. The Morgan fingerprint density at radius 2 is 1.66 bits per heavy atom. The first-order valence-corrected chi connectivity index (χ1v) is 10.9. The van der Waals surface area contributed by atoms with Crippen molar-refractivity contribution < 1.29 is 4.74 Å². The SMILES string of the molecule is COc1ccccc1N1CCN(c2nc(Nc3ccc(Cl)cc3)c3cnn(C)c3n2)CC1. The smallest absolute Gasteiger partial charge is 0.229 e. The summed E-state index contributed by atoms with van der Waals surface area (Å²) < 4.78 is 7.31. The van der Waals surface area contributed by atoms with Crippen LogP contribution in [0.4, 0.5) is 23.1 Å². The molecule has 0 spiro atoms. The van der Waals surface area contributed by atoms with Crippen LogP contribution in [0.1, 0.15) is 0 Å². The van der Waals surface area contributed by atoms with Gasteiger partial charge in [0.05, 0.1) is 24.4 Å². The van der Waals surface area contributed by atoms with Crippen molar-refractivity contribution in [3.8, 4) is 5.75 Å². The standard InChI is InChI=1S/C23H24ClN7O/c1-29-22-18(15-25-29)21(26-17-9-7-16(24)8-10-17)27-23(28-22)31-13-11-30(12-14-31)19-5-3-4-6-20(19)32-2/h3-10,15H,11-14H2,1-2H3,(H,26,27,28). The fourth-order valence-electron chi connectivity index (χ4n) is 3.96. The highest BCUT2D eigenvalue weighted by molar-refractivity contribution is 6.30. The maximum atomic E-state index is 6.03. The van der Waals surface area contributed by atoms with Gasteiger partial charge in [0.25, 0.3) is 0 Å². The number of benzene rings is 2. The highest BCUT2D eigenvalue weighted by Crippen LogP contribution is 2.30. The molecule has 0 atom stereocenters. The quantitative estimate of drug-likeness (QED) is 0.492. The van der Waals surface area contributed by atoms with Crippen molar-refractivity contribution in [2.45, 2.75) is 0 Å². The number of fused-ring (bicyclic) bond motifs is 1. The number of piperazine rings is 1. The molecular weight excluding hydrogens is 426 g/mol. The molecule has 5 rings (SSSR count). The number of nitrogens with zero attached hydrogens (tertiary/aromatic N) is 6. The number of para-hydroxylation sites is 2. The fourth-order valence-corrected chi connectivity index (χ4v) is 4.08. The van der Waals surface area contributed by atoms with Gasteiger partial charge in [-0.3, -0.25) is 4.68 Å². The van der Waals surface area contributed by atoms with E-state index in [-0.39, 0.29) is 0 Å². The summed E-state index contributed by atoms with van der Waals surface area (Å²) in [6.45, 7) is 3.32. The van der Waals surface area contributed by atoms with Gasteiger partial charge in [0.15, 0.2) is 5.65 Å². The summed E-state index contributed by atoms with van der Waals surface area (Å²) in [4.78, 5) is 14.2. The molecule has 1 aliphatic rings. The van der Waals surface area contributed by atoms with Crippen molar-refractivity contribution in [3.05, 3.63) is 59.8 Å². The molecule has 164 valence electrons. The van der Waals surface area contributed by atoms with Crippen LogP contribution in [0.2, 0.25) is 5.02 Å². The number of ether oxygens (including phenoxy) is 1. The van der Waals surface area contributed by atoms with Crippen LogP contribution in [0.15, 0.2) is 54.7 Å². The molecule has 0 unspecified atom stereocenters. The molecule has 3 heterocycles. The summed E-state index contributed by atoms with van der Waals surface area (Å²) in [5.74, 6) is 2.31. The number of aryl methyl sites for hydroxylation is 1. The second kappa shape index (κ2) is 8.55. The third-order valence-electron chi connectivity index (χ3n) is 5.68. The summed E-state index contributed by atoms with van der Waals surface area (Å²) in [6, 6.07) is 15.7. The van der Waals surface area contributed by atoms with Crippen LogP contribution in [0.25, 0.3) is 11.0 Å². The minimum absolute atomic E-state index is 0.692. The third kappa shape index (κ3) is 3.89. The molecule has 0 bridgehead atoms. The minimum Gasteiger partial charge on any atom is -0.495 e. The minimum atomic E-state index is 0.692. The predicted octanol–water partition coefficient (Wildman–Crippen LogP) is 4.10. The van der Waals surface area contributed by atoms with Crippen molar-refractivity contribution in [1.29, 1.82) is 0 Å². The summed E-state index contributed by atoms with van der Waals surface area (Å²) in [5, 5.41) is 9.35. The van der Waals surface area contributed by atoms with Crippen LogP contribution in [-0.4, -0.2) is 53.0 Å². The number of hydrogen-bond donors (Lipinski definition) is 1. The first-order valence-electron chi connectivity index (χ1n) is 10.5. The Bertz CT molecular complexity index is 1230. The van der Waals surface area contributed by atoms with E-state index in [0.717, 1.165) is 60.2 Å². The predicted molar refractivity (Wildman–Crippen MR) is 128 cm³/mol. The molecule has 9 heteroatoms. The normalized spacial score (nSPS) is 14.1. The van der Waals surface area contributed by atoms with E-state index >= 15 is 0 Å². The van der Waals surface area contributed by atoms with Gasteiger partial charge in [-0.25, -0.2) is 0 Å². The Labute approximate surface area is 191 Å². The van der Waals surface area contributed by atoms with E-state index in [1.54, 1.807) is 18.0 Å². The van der Waals surface area contributed by atoms with Crippen molar-refractivity contribution in [2.24, 2.45) is 7.05 Å². The number of methoxy groups -OCH3 is 1. The Balaban J connectivity index is 1.41. The van der Waals surface area contributed by atoms with Crippen LogP contribution in [0.3, 0.4) is 0 Å². The summed E-state index contributed by atoms with van der Waals surface area (Å²) in [6.07, 6.45) is 1.79. The van der Waals surface area contributed by atoms with Gasteiger partial charge >= 0.3 is 0 Å². The number of anilines is 4. The zero-order valence-electron chi connectivity index (χ0n) is 18.0. The van der Waals surface area contributed by atoms with Gasteiger partial charge in [-0.15, -0.1) is 0 Å². The average Bonchev–Trinajstić information content (AvgIpc) is 3.21. The van der Waals surface area contributed by atoms with E-state index in [4.69, 9.17) is 26.3 Å². The van der Waals surface area contributed by atoms with E-state index in [1.165, 1.54) is 0 Å². The van der Waals surface area contributed by atoms with E-state index in [2.05, 4.69) is 26.3 Å². The topological polar surface area (TPSA) is 71.3 Å². The molecule has 2 aromatic carbocycles. The highest BCUT2D eigenvalue weighted by Gasteiger charge is 2.23. The Morgan fingerprint density at radius 3 is 2.41 bits per heavy atom. The van der Waals surface area contributed by atoms with Crippen LogP contribution < -0.4 is 19.9 Å². The molecule has 1 N–H and O–H groups in total. The Hall–Kier alpha value is -3.52. The molecule has 4 aromatic rings. The van der Waals surface area contributed by atoms with Crippen molar-refractivity contribution in [1.82, 2.24) is 19.7 Å². The number of hydrogen-bond acceptors (Lipinski definition) is 7. The molecule has 1 fully saturated rings. The van der Waals surface area contributed by atoms with Crippen molar-refractivity contribution in [3.63, 3.8) is 0 Å². The molecule has 32 heavy (non-hydrogen) atoms. The van der Waals surface area contributed by atoms with E-state index < -0.39 is 0 Å². The van der Waals surface area contributed by atoms with Gasteiger partial charge in [0, 0.05) is 43.9 Å². The zero-order valence-corrected chi connectivity index (χ0v) is 18.8. The molecule has 0 aliphatic carbocycles. The van der Waals surface area contributed by atoms with Gasteiger partial charge in [0.2, 0.25) is 5.95 Å². The lowest BCUT2D eigenvalue weighted by molar-refractivity contribution is 0.413. The van der Waals surface area contributed by atoms with Crippen LogP contribution in [-0.2, 0) is 7.05 Å². The van der Waals surface area contributed by atoms with Gasteiger partial charge in [0.1, 0.15) is 11.6 Å². The Morgan fingerprint density at radius 1 is 0.938 bits per heavy atom. The van der Waals surface area contributed by atoms with Crippen molar-refractivity contribution >= 4 is 45.8 Å². The first-order chi connectivity index (χ1) is 15.6. The molecule has 1 saturated heterocycles. The molecule has 1 aliphatic heterocycles. The van der Waals surface area contributed by atoms with E-state index in [9.17, 15) is 0 Å². The summed E-state index contributed by atoms with van der Waals surface area (Å²) in [7, 11) is 3.60. The maximum Gasteiger partial charge on any atom is 0.229 e. The fraction of sp³-hybridized carbons (Fsp3) is 0.261. The number of aromatic nitrogens is 4. The average molecular weight is 450 g/mol. The number of rotatable bonds is 5. The largest absolute Gasteiger partial charge is 0.495 e. The summed E-state index contributed by atoms with van der Waals surface area (Å²) >= 11 is 6.03. The van der Waals surface area contributed by atoms with E-state index in [1.807, 2.05) is 49.5 Å². The van der Waals surface area contributed by atoms with Crippen LogP contribution in [0.5, 0.6) is 5.75 Å². The van der Waals surface area contributed by atoms with Crippen molar-refractivity contribution in [2.75, 3.05) is 48.4 Å². The third-order valence-corrected chi connectivity index (χ3v) is 5.93. The van der Waals surface area contributed by atoms with Gasteiger partial charge in [-0.2, -0.15) is 15.1 Å². The van der Waals surface area contributed by atoms with Crippen LogP contribution in [0, 0.1) is 0 Å². The monoisotopic (exact) mass is 449 g/mol. The summed E-state index contributed by atoms with van der Waals surface area (Å²) in [5.41, 5.74) is 2.81. The molecule has 2 aromatic heterocycles. The number of nitrogens with one attached hydrogen (secondary N) is 1. The molecular formula is C23H24ClN7O. The molecule has 8 nitrogen and oxygen atoms in total. The lowest BCUT2D eigenvalue weighted by atomic mass is 10.2. The number of halogens is 1. The second-order valence-corrected chi connectivity index (χ2v) is 8.09. The first kappa shape index (κ1) is 20.4. The highest BCUT2D eigenvalue weighted by atomic mass is 35.5. The second-order valence-electron chi connectivity index (χ2n) is 7.66. The zero-order chi connectivity index (χ0) is 22.1.